The molecule has 1 aliphatic heterocycles. The summed E-state index contributed by atoms with van der Waals surface area (Å²) in [6.45, 7) is 5.24. The van der Waals surface area contributed by atoms with Crippen molar-refractivity contribution in [3.8, 4) is 0 Å². The van der Waals surface area contributed by atoms with Crippen LogP contribution in [0.4, 0.5) is 0 Å². The van der Waals surface area contributed by atoms with E-state index in [1.807, 2.05) is 6.07 Å². The molecule has 94 valence electrons. The van der Waals surface area contributed by atoms with Gasteiger partial charge in [0.05, 0.1) is 18.8 Å². The van der Waals surface area contributed by atoms with E-state index >= 15 is 0 Å². The first-order valence-corrected chi connectivity index (χ1v) is 6.41. The fourth-order valence-corrected chi connectivity index (χ4v) is 2.65. The lowest BCUT2D eigenvalue weighted by atomic mass is 9.82. The van der Waals surface area contributed by atoms with Gasteiger partial charge in [-0.1, -0.05) is 44.2 Å². The lowest BCUT2D eigenvalue weighted by Gasteiger charge is -2.37. The Morgan fingerprint density at radius 2 is 1.94 bits per heavy atom. The van der Waals surface area contributed by atoms with Gasteiger partial charge in [-0.15, -0.1) is 0 Å². The Morgan fingerprint density at radius 3 is 2.53 bits per heavy atom. The summed E-state index contributed by atoms with van der Waals surface area (Å²) in [6, 6.07) is 10.5. The Hall–Kier alpha value is -0.860. The summed E-state index contributed by atoms with van der Waals surface area (Å²) in [5.41, 5.74) is 1.28. The van der Waals surface area contributed by atoms with Crippen molar-refractivity contribution in [3.63, 3.8) is 0 Å². The van der Waals surface area contributed by atoms with Gasteiger partial charge in [0.1, 0.15) is 0 Å². The van der Waals surface area contributed by atoms with Crippen LogP contribution in [0.5, 0.6) is 0 Å². The van der Waals surface area contributed by atoms with E-state index in [0.717, 1.165) is 6.42 Å². The summed E-state index contributed by atoms with van der Waals surface area (Å²) >= 11 is 0. The highest BCUT2D eigenvalue weighted by atomic mass is 16.5. The Kier molecular flexibility index (Phi) is 4.19. The molecule has 0 amide bonds. The van der Waals surface area contributed by atoms with Gasteiger partial charge in [-0.3, -0.25) is 0 Å². The first-order chi connectivity index (χ1) is 8.22. The Bertz CT molecular complexity index is 334. The van der Waals surface area contributed by atoms with Crippen LogP contribution in [-0.4, -0.2) is 19.8 Å². The third-order valence-corrected chi connectivity index (χ3v) is 3.76. The maximum atomic E-state index is 5.92. The first kappa shape index (κ1) is 12.6. The van der Waals surface area contributed by atoms with Crippen LogP contribution in [0.1, 0.15) is 31.9 Å². The minimum atomic E-state index is 0.231. The molecule has 1 saturated heterocycles. The highest BCUT2D eigenvalue weighted by Gasteiger charge is 2.33. The number of ether oxygens (including phenoxy) is 2. The minimum Gasteiger partial charge on any atom is -0.379 e. The summed E-state index contributed by atoms with van der Waals surface area (Å²) in [4.78, 5) is 0. The van der Waals surface area contributed by atoms with Crippen molar-refractivity contribution in [1.82, 2.24) is 0 Å². The van der Waals surface area contributed by atoms with Crippen molar-refractivity contribution in [2.75, 3.05) is 13.7 Å². The summed E-state index contributed by atoms with van der Waals surface area (Å²) < 4.78 is 11.4. The molecule has 0 aromatic heterocycles. The molecular weight excluding hydrogens is 212 g/mol. The number of rotatable bonds is 3. The van der Waals surface area contributed by atoms with Gasteiger partial charge in [0, 0.05) is 7.11 Å². The lowest BCUT2D eigenvalue weighted by Crippen LogP contribution is -2.38. The molecule has 1 fully saturated rings. The Labute approximate surface area is 104 Å². The topological polar surface area (TPSA) is 18.5 Å². The van der Waals surface area contributed by atoms with Gasteiger partial charge in [0.2, 0.25) is 0 Å². The highest BCUT2D eigenvalue weighted by Crippen LogP contribution is 2.36. The van der Waals surface area contributed by atoms with E-state index in [9.17, 15) is 0 Å². The van der Waals surface area contributed by atoms with Crippen LogP contribution in [-0.2, 0) is 9.47 Å². The zero-order chi connectivity index (χ0) is 12.3. The zero-order valence-corrected chi connectivity index (χ0v) is 10.9. The number of hydrogen-bond acceptors (Lipinski definition) is 2. The van der Waals surface area contributed by atoms with Crippen LogP contribution in [0.15, 0.2) is 30.3 Å². The van der Waals surface area contributed by atoms with Crippen molar-refractivity contribution in [2.24, 2.45) is 11.8 Å². The van der Waals surface area contributed by atoms with Crippen molar-refractivity contribution >= 4 is 0 Å². The Balaban J connectivity index is 2.09. The molecule has 1 aliphatic rings. The smallest absolute Gasteiger partial charge is 0.0836 e. The van der Waals surface area contributed by atoms with Crippen LogP contribution >= 0.6 is 0 Å². The van der Waals surface area contributed by atoms with Gasteiger partial charge in [-0.2, -0.15) is 0 Å². The average Bonchev–Trinajstić information content (AvgIpc) is 2.39. The summed E-state index contributed by atoms with van der Waals surface area (Å²) in [7, 11) is 1.78. The molecule has 3 atom stereocenters. The van der Waals surface area contributed by atoms with Crippen LogP contribution in [0.25, 0.3) is 0 Å². The maximum absolute atomic E-state index is 5.92. The van der Waals surface area contributed by atoms with Crippen LogP contribution < -0.4 is 0 Å². The second-order valence-electron chi connectivity index (χ2n) is 5.15. The average molecular weight is 234 g/mol. The minimum absolute atomic E-state index is 0.231. The molecule has 0 radical (unpaired) electrons. The number of benzene rings is 1. The van der Waals surface area contributed by atoms with Gasteiger partial charge in [-0.05, 0) is 23.8 Å². The third kappa shape index (κ3) is 2.88. The van der Waals surface area contributed by atoms with E-state index in [0.29, 0.717) is 18.4 Å². The van der Waals surface area contributed by atoms with Gasteiger partial charge in [0.15, 0.2) is 0 Å². The van der Waals surface area contributed by atoms with Crippen molar-refractivity contribution in [3.05, 3.63) is 35.9 Å². The summed E-state index contributed by atoms with van der Waals surface area (Å²) in [6.07, 6.45) is 1.53. The van der Waals surface area contributed by atoms with E-state index in [-0.39, 0.29) is 12.2 Å². The molecule has 0 aliphatic carbocycles. The number of hydrogen-bond donors (Lipinski definition) is 0. The Morgan fingerprint density at radius 1 is 1.24 bits per heavy atom. The second kappa shape index (κ2) is 5.65. The fraction of sp³-hybridized carbons (Fsp3) is 0.600. The van der Waals surface area contributed by atoms with Crippen LogP contribution in [0.2, 0.25) is 0 Å². The molecule has 2 rings (SSSR count). The molecule has 17 heavy (non-hydrogen) atoms. The molecule has 1 aromatic rings. The molecule has 0 unspecified atom stereocenters. The molecular formula is C15H22O2. The normalized spacial score (nSPS) is 29.5. The number of methoxy groups -OCH3 is 1. The molecule has 0 bridgehead atoms. The van der Waals surface area contributed by atoms with E-state index < -0.39 is 0 Å². The zero-order valence-electron chi connectivity index (χ0n) is 10.9. The van der Waals surface area contributed by atoms with Crippen LogP contribution in [0.3, 0.4) is 0 Å². The molecule has 0 spiro atoms. The van der Waals surface area contributed by atoms with E-state index in [4.69, 9.17) is 9.47 Å². The molecule has 2 nitrogen and oxygen atoms in total. The summed E-state index contributed by atoms with van der Waals surface area (Å²) in [5, 5.41) is 0. The van der Waals surface area contributed by atoms with Crippen LogP contribution in [0, 0.1) is 11.8 Å². The molecule has 2 heteroatoms. The molecule has 0 saturated carbocycles. The molecule has 1 aromatic carbocycles. The standard InChI is InChI=1S/C15H22O2/c1-11(2)13-9-14(17-10-15(13)16-3)12-7-5-4-6-8-12/h4-8,11,13-15H,9-10H2,1-3H3/t13-,14+,15-/m1/s1. The van der Waals surface area contributed by atoms with Gasteiger partial charge in [-0.25, -0.2) is 0 Å². The molecule has 0 N–H and O–H groups in total. The second-order valence-corrected chi connectivity index (χ2v) is 5.15. The van der Waals surface area contributed by atoms with Crippen molar-refractivity contribution < 1.29 is 9.47 Å². The lowest BCUT2D eigenvalue weighted by molar-refractivity contribution is -0.115. The van der Waals surface area contributed by atoms with E-state index in [1.165, 1.54) is 5.56 Å². The van der Waals surface area contributed by atoms with E-state index in [2.05, 4.69) is 38.1 Å². The first-order valence-electron chi connectivity index (χ1n) is 6.41. The predicted octanol–water partition coefficient (Wildman–Crippen LogP) is 3.44. The maximum Gasteiger partial charge on any atom is 0.0836 e. The quantitative estimate of drug-likeness (QED) is 0.797. The SMILES string of the molecule is CO[C@@H]1CO[C@H](c2ccccc2)C[C@@H]1C(C)C. The summed E-state index contributed by atoms with van der Waals surface area (Å²) in [5.74, 6) is 1.22. The van der Waals surface area contributed by atoms with Gasteiger partial charge in [0.25, 0.3) is 0 Å². The molecule has 1 heterocycles. The van der Waals surface area contributed by atoms with Gasteiger partial charge >= 0.3 is 0 Å². The van der Waals surface area contributed by atoms with Gasteiger partial charge < -0.3 is 9.47 Å². The fourth-order valence-electron chi connectivity index (χ4n) is 2.65. The van der Waals surface area contributed by atoms with E-state index in [1.54, 1.807) is 7.11 Å². The monoisotopic (exact) mass is 234 g/mol. The van der Waals surface area contributed by atoms with Crippen molar-refractivity contribution in [1.29, 1.82) is 0 Å². The predicted molar refractivity (Wildman–Crippen MR) is 68.9 cm³/mol. The van der Waals surface area contributed by atoms with Crippen molar-refractivity contribution in [2.45, 2.75) is 32.5 Å². The third-order valence-electron chi connectivity index (χ3n) is 3.76. The highest BCUT2D eigenvalue weighted by molar-refractivity contribution is 5.18. The largest absolute Gasteiger partial charge is 0.379 e.